The van der Waals surface area contributed by atoms with Gasteiger partial charge in [0, 0.05) is 12.2 Å². The Hall–Kier alpha value is -1.02. The summed E-state index contributed by atoms with van der Waals surface area (Å²) >= 11 is 5.63. The summed E-state index contributed by atoms with van der Waals surface area (Å²) in [4.78, 5) is 13.5. The summed E-state index contributed by atoms with van der Waals surface area (Å²) in [5.41, 5.74) is 2.39. The third-order valence-electron chi connectivity index (χ3n) is 3.30. The number of benzene rings is 1. The highest BCUT2D eigenvalue weighted by atomic mass is 35.5. The molecule has 0 radical (unpaired) electrons. The van der Waals surface area contributed by atoms with Crippen LogP contribution in [-0.4, -0.2) is 18.3 Å². The zero-order valence-corrected chi connectivity index (χ0v) is 10.4. The van der Waals surface area contributed by atoms with E-state index < -0.39 is 0 Å². The van der Waals surface area contributed by atoms with Crippen LogP contribution >= 0.6 is 11.6 Å². The van der Waals surface area contributed by atoms with E-state index in [0.29, 0.717) is 0 Å². The average molecular weight is 238 g/mol. The number of halogens is 1. The molecule has 1 heterocycles. The first-order valence-corrected chi connectivity index (χ1v) is 6.05. The fourth-order valence-corrected chi connectivity index (χ4v) is 2.40. The fourth-order valence-electron chi connectivity index (χ4n) is 2.26. The summed E-state index contributed by atoms with van der Waals surface area (Å²) < 4.78 is 0. The lowest BCUT2D eigenvalue weighted by Crippen LogP contribution is -2.41. The van der Waals surface area contributed by atoms with Crippen molar-refractivity contribution >= 4 is 23.2 Å². The number of rotatable bonds is 1. The van der Waals surface area contributed by atoms with Gasteiger partial charge in [0.05, 0.1) is 0 Å². The number of carbonyl (C=O) groups excluding carboxylic acids is 1. The lowest BCUT2D eigenvalue weighted by molar-refractivity contribution is -0.116. The Morgan fingerprint density at radius 2 is 2.12 bits per heavy atom. The van der Waals surface area contributed by atoms with E-state index in [9.17, 15) is 4.79 Å². The largest absolute Gasteiger partial charge is 0.311 e. The van der Waals surface area contributed by atoms with Crippen molar-refractivity contribution in [3.8, 4) is 0 Å². The van der Waals surface area contributed by atoms with Crippen LogP contribution in [0.25, 0.3) is 0 Å². The van der Waals surface area contributed by atoms with Gasteiger partial charge in [0.1, 0.15) is 5.88 Å². The van der Waals surface area contributed by atoms with Gasteiger partial charge in [-0.2, -0.15) is 0 Å². The van der Waals surface area contributed by atoms with Gasteiger partial charge in [-0.25, -0.2) is 0 Å². The highest BCUT2D eigenvalue weighted by Crippen LogP contribution is 2.39. The van der Waals surface area contributed by atoms with Crippen LogP contribution in [0.3, 0.4) is 0 Å². The van der Waals surface area contributed by atoms with Gasteiger partial charge in [0.15, 0.2) is 0 Å². The number of alkyl halides is 1. The number of anilines is 1. The molecule has 0 saturated carbocycles. The molecule has 3 heteroatoms. The Morgan fingerprint density at radius 3 is 2.81 bits per heavy atom. The Labute approximate surface area is 101 Å². The number of amides is 1. The second-order valence-corrected chi connectivity index (χ2v) is 5.10. The molecule has 0 aliphatic carbocycles. The Bertz CT molecular complexity index is 414. The van der Waals surface area contributed by atoms with Crippen molar-refractivity contribution in [2.75, 3.05) is 17.3 Å². The smallest absolute Gasteiger partial charge is 0.241 e. The Balaban J connectivity index is 2.47. The van der Waals surface area contributed by atoms with Crippen LogP contribution in [0.4, 0.5) is 5.69 Å². The van der Waals surface area contributed by atoms with Gasteiger partial charge < -0.3 is 4.90 Å². The summed E-state index contributed by atoms with van der Waals surface area (Å²) in [6.07, 6.45) is 0.979. The molecule has 1 aliphatic rings. The standard InChI is InChI=1S/C13H16ClNO/c1-13(2)7-8-15(12(16)9-14)11-6-4-3-5-10(11)13/h3-6H,7-9H2,1-2H3. The zero-order chi connectivity index (χ0) is 11.8. The molecule has 0 aromatic heterocycles. The molecule has 2 nitrogen and oxygen atoms in total. The first kappa shape index (κ1) is 11.5. The second-order valence-electron chi connectivity index (χ2n) is 4.83. The highest BCUT2D eigenvalue weighted by Gasteiger charge is 2.32. The normalized spacial score (nSPS) is 18.1. The van der Waals surface area contributed by atoms with E-state index in [2.05, 4.69) is 19.9 Å². The maximum atomic E-state index is 11.7. The third kappa shape index (κ3) is 1.82. The van der Waals surface area contributed by atoms with Gasteiger partial charge in [-0.3, -0.25) is 4.79 Å². The predicted molar refractivity (Wildman–Crippen MR) is 67.2 cm³/mol. The summed E-state index contributed by atoms with van der Waals surface area (Å²) in [7, 11) is 0. The lowest BCUT2D eigenvalue weighted by Gasteiger charge is -2.38. The predicted octanol–water partition coefficient (Wildman–Crippen LogP) is 2.94. The molecular weight excluding hydrogens is 222 g/mol. The molecule has 16 heavy (non-hydrogen) atoms. The van der Waals surface area contributed by atoms with Crippen LogP contribution in [0.1, 0.15) is 25.8 Å². The molecule has 1 aliphatic heterocycles. The number of carbonyl (C=O) groups is 1. The van der Waals surface area contributed by atoms with E-state index in [1.807, 2.05) is 18.2 Å². The van der Waals surface area contributed by atoms with E-state index >= 15 is 0 Å². The van der Waals surface area contributed by atoms with Gasteiger partial charge in [0.2, 0.25) is 5.91 Å². The van der Waals surface area contributed by atoms with E-state index in [4.69, 9.17) is 11.6 Å². The number of para-hydroxylation sites is 1. The molecule has 0 atom stereocenters. The van der Waals surface area contributed by atoms with Crippen molar-refractivity contribution < 1.29 is 4.79 Å². The maximum absolute atomic E-state index is 11.7. The second kappa shape index (κ2) is 4.10. The minimum absolute atomic E-state index is 0.00961. The molecular formula is C13H16ClNO. The van der Waals surface area contributed by atoms with E-state index in [1.54, 1.807) is 4.90 Å². The van der Waals surface area contributed by atoms with Crippen LogP contribution in [0.15, 0.2) is 24.3 Å². The Morgan fingerprint density at radius 1 is 1.44 bits per heavy atom. The minimum Gasteiger partial charge on any atom is -0.311 e. The van der Waals surface area contributed by atoms with Crippen LogP contribution in [0.2, 0.25) is 0 Å². The summed E-state index contributed by atoms with van der Waals surface area (Å²) in [6.45, 7) is 5.19. The van der Waals surface area contributed by atoms with Crippen molar-refractivity contribution in [2.24, 2.45) is 0 Å². The van der Waals surface area contributed by atoms with E-state index in [-0.39, 0.29) is 17.2 Å². The summed E-state index contributed by atoms with van der Waals surface area (Å²) in [5, 5.41) is 0. The summed E-state index contributed by atoms with van der Waals surface area (Å²) in [6, 6.07) is 8.09. The third-order valence-corrected chi connectivity index (χ3v) is 3.53. The monoisotopic (exact) mass is 237 g/mol. The molecule has 1 amide bonds. The summed E-state index contributed by atoms with van der Waals surface area (Å²) in [5.74, 6) is 0.0407. The van der Waals surface area contributed by atoms with Crippen molar-refractivity contribution in [3.05, 3.63) is 29.8 Å². The molecule has 1 aromatic rings. The number of fused-ring (bicyclic) bond motifs is 1. The average Bonchev–Trinajstić information content (AvgIpc) is 2.28. The SMILES string of the molecule is CC1(C)CCN(C(=O)CCl)c2ccccc21. The van der Waals surface area contributed by atoms with E-state index in [0.717, 1.165) is 18.7 Å². The maximum Gasteiger partial charge on any atom is 0.241 e. The quantitative estimate of drug-likeness (QED) is 0.688. The first-order valence-electron chi connectivity index (χ1n) is 5.52. The topological polar surface area (TPSA) is 20.3 Å². The molecule has 0 fully saturated rings. The number of hydrogen-bond acceptors (Lipinski definition) is 1. The van der Waals surface area contributed by atoms with Crippen LogP contribution in [0, 0.1) is 0 Å². The zero-order valence-electron chi connectivity index (χ0n) is 9.66. The fraction of sp³-hybridized carbons (Fsp3) is 0.462. The van der Waals surface area contributed by atoms with Gasteiger partial charge >= 0.3 is 0 Å². The molecule has 0 saturated heterocycles. The number of hydrogen-bond donors (Lipinski definition) is 0. The van der Waals surface area contributed by atoms with Gasteiger partial charge in [-0.15, -0.1) is 11.6 Å². The Kier molecular flexibility index (Phi) is 2.94. The van der Waals surface area contributed by atoms with Crippen molar-refractivity contribution in [2.45, 2.75) is 25.7 Å². The molecule has 1 aromatic carbocycles. The van der Waals surface area contributed by atoms with Crippen LogP contribution < -0.4 is 4.90 Å². The van der Waals surface area contributed by atoms with Gasteiger partial charge in [0.25, 0.3) is 0 Å². The van der Waals surface area contributed by atoms with E-state index in [1.165, 1.54) is 5.56 Å². The lowest BCUT2D eigenvalue weighted by atomic mass is 9.78. The first-order chi connectivity index (χ1) is 7.56. The van der Waals surface area contributed by atoms with Gasteiger partial charge in [-0.05, 0) is 23.5 Å². The van der Waals surface area contributed by atoms with Crippen LogP contribution in [0.5, 0.6) is 0 Å². The van der Waals surface area contributed by atoms with Crippen molar-refractivity contribution in [1.82, 2.24) is 0 Å². The molecule has 0 bridgehead atoms. The molecule has 0 spiro atoms. The highest BCUT2D eigenvalue weighted by molar-refractivity contribution is 6.29. The molecule has 0 N–H and O–H groups in total. The minimum atomic E-state index is -0.00961. The molecule has 0 unspecified atom stereocenters. The molecule has 2 rings (SSSR count). The van der Waals surface area contributed by atoms with Crippen molar-refractivity contribution in [1.29, 1.82) is 0 Å². The molecule has 86 valence electrons. The van der Waals surface area contributed by atoms with Crippen LogP contribution in [-0.2, 0) is 10.2 Å². The van der Waals surface area contributed by atoms with Crippen molar-refractivity contribution in [3.63, 3.8) is 0 Å². The number of nitrogens with zero attached hydrogens (tertiary/aromatic N) is 1. The van der Waals surface area contributed by atoms with Gasteiger partial charge in [-0.1, -0.05) is 32.0 Å².